The van der Waals surface area contributed by atoms with Crippen LogP contribution in [0.4, 0.5) is 5.95 Å². The predicted octanol–water partition coefficient (Wildman–Crippen LogP) is 0.910. The molecule has 0 atom stereocenters. The van der Waals surface area contributed by atoms with E-state index in [2.05, 4.69) is 24.6 Å². The zero-order valence-corrected chi connectivity index (χ0v) is 12.7. The van der Waals surface area contributed by atoms with Crippen molar-refractivity contribution >= 4 is 21.9 Å². The van der Waals surface area contributed by atoms with Gasteiger partial charge in [-0.25, -0.2) is 17.9 Å². The van der Waals surface area contributed by atoms with Crippen LogP contribution in [0.3, 0.4) is 0 Å². The first-order valence-corrected chi connectivity index (χ1v) is 7.34. The highest BCUT2D eigenvalue weighted by Gasteiger charge is 2.32. The van der Waals surface area contributed by atoms with Crippen LogP contribution in [0.1, 0.15) is 27.7 Å². The molecule has 21 heavy (non-hydrogen) atoms. The number of ether oxygens (including phenoxy) is 1. The third-order valence-electron chi connectivity index (χ3n) is 2.69. The van der Waals surface area contributed by atoms with Crippen molar-refractivity contribution in [3.8, 4) is 0 Å². The Morgan fingerprint density at radius 1 is 1.29 bits per heavy atom. The molecule has 114 valence electrons. The number of esters is 1. The lowest BCUT2D eigenvalue weighted by Crippen LogP contribution is -2.18. The Balaban J connectivity index is 2.52. The van der Waals surface area contributed by atoms with Gasteiger partial charge in [-0.15, -0.1) is 5.10 Å². The Labute approximate surface area is 120 Å². The highest BCUT2D eigenvalue weighted by molar-refractivity contribution is 7.92. The van der Waals surface area contributed by atoms with Crippen LogP contribution in [0.25, 0.3) is 0 Å². The number of rotatable bonds is 4. The average molecular weight is 314 g/mol. The van der Waals surface area contributed by atoms with Gasteiger partial charge in [0.15, 0.2) is 0 Å². The van der Waals surface area contributed by atoms with Crippen LogP contribution < -0.4 is 4.72 Å². The minimum Gasteiger partial charge on any atom is -0.465 e. The molecule has 0 spiro atoms. The molecule has 2 rings (SSSR count). The number of sulfonamides is 1. The van der Waals surface area contributed by atoms with Crippen LogP contribution in [-0.2, 0) is 14.8 Å². The standard InChI is InChI=1S/C11H14N4O5S/c1-5-8(10(16)19-4)9(6(2)20-5)21(17,18)15-11-12-7(3)13-14-11/h1-4H3,(H2,12,13,14,15). The van der Waals surface area contributed by atoms with E-state index in [1.54, 1.807) is 6.92 Å². The van der Waals surface area contributed by atoms with Gasteiger partial charge in [0, 0.05) is 0 Å². The highest BCUT2D eigenvalue weighted by atomic mass is 32.2. The van der Waals surface area contributed by atoms with E-state index < -0.39 is 16.0 Å². The van der Waals surface area contributed by atoms with Crippen LogP contribution in [0, 0.1) is 20.8 Å². The van der Waals surface area contributed by atoms with Gasteiger partial charge in [-0.1, -0.05) is 0 Å². The molecule has 2 heterocycles. The fourth-order valence-corrected chi connectivity index (χ4v) is 3.23. The molecule has 10 heteroatoms. The summed E-state index contributed by atoms with van der Waals surface area (Å²) >= 11 is 0. The van der Waals surface area contributed by atoms with Crippen molar-refractivity contribution in [2.75, 3.05) is 11.8 Å². The summed E-state index contributed by atoms with van der Waals surface area (Å²) in [6.45, 7) is 4.55. The summed E-state index contributed by atoms with van der Waals surface area (Å²) in [5, 5.41) is 6.19. The molecule has 0 saturated heterocycles. The first-order valence-electron chi connectivity index (χ1n) is 5.86. The molecule has 0 radical (unpaired) electrons. The Morgan fingerprint density at radius 3 is 2.48 bits per heavy atom. The second-order valence-electron chi connectivity index (χ2n) is 4.26. The molecule has 0 unspecified atom stereocenters. The lowest BCUT2D eigenvalue weighted by molar-refractivity contribution is 0.0595. The van der Waals surface area contributed by atoms with Gasteiger partial charge in [-0.05, 0) is 20.8 Å². The molecule has 2 N–H and O–H groups in total. The van der Waals surface area contributed by atoms with Crippen molar-refractivity contribution in [1.29, 1.82) is 0 Å². The Bertz CT molecular complexity index is 790. The van der Waals surface area contributed by atoms with Crippen LogP contribution in [0.5, 0.6) is 0 Å². The minimum absolute atomic E-state index is 0.0765. The van der Waals surface area contributed by atoms with Gasteiger partial charge in [-0.3, -0.25) is 5.10 Å². The number of nitrogens with one attached hydrogen (secondary N) is 2. The molecule has 2 aromatic heterocycles. The normalized spacial score (nSPS) is 11.4. The van der Waals surface area contributed by atoms with Crippen molar-refractivity contribution in [2.45, 2.75) is 25.7 Å². The maximum atomic E-state index is 12.4. The summed E-state index contributed by atoms with van der Waals surface area (Å²) < 4.78 is 36.8. The monoisotopic (exact) mass is 314 g/mol. The fourth-order valence-electron chi connectivity index (χ4n) is 1.88. The number of furan rings is 1. The first-order chi connectivity index (χ1) is 9.76. The number of hydrogen-bond acceptors (Lipinski definition) is 7. The Morgan fingerprint density at radius 2 is 1.95 bits per heavy atom. The zero-order valence-electron chi connectivity index (χ0n) is 11.8. The van der Waals surface area contributed by atoms with Crippen molar-refractivity contribution < 1.29 is 22.4 Å². The number of aryl methyl sites for hydroxylation is 3. The van der Waals surface area contributed by atoms with Gasteiger partial charge in [-0.2, -0.15) is 4.98 Å². The molecule has 0 aliphatic heterocycles. The molecule has 2 aromatic rings. The topological polar surface area (TPSA) is 127 Å². The van der Waals surface area contributed by atoms with Crippen LogP contribution in [-0.4, -0.2) is 36.7 Å². The number of anilines is 1. The molecule has 0 amide bonds. The van der Waals surface area contributed by atoms with Gasteiger partial charge in [0.25, 0.3) is 16.0 Å². The number of aromatic amines is 1. The smallest absolute Gasteiger partial charge is 0.342 e. The van der Waals surface area contributed by atoms with E-state index in [1.807, 2.05) is 0 Å². The third-order valence-corrected chi connectivity index (χ3v) is 4.17. The molecule has 0 aromatic carbocycles. The summed E-state index contributed by atoms with van der Waals surface area (Å²) in [7, 11) is -2.93. The number of methoxy groups -OCH3 is 1. The van der Waals surface area contributed by atoms with Crippen molar-refractivity contribution in [1.82, 2.24) is 15.2 Å². The molecule has 9 nitrogen and oxygen atoms in total. The van der Waals surface area contributed by atoms with E-state index in [9.17, 15) is 13.2 Å². The minimum atomic E-state index is -4.09. The van der Waals surface area contributed by atoms with E-state index in [0.29, 0.717) is 5.82 Å². The van der Waals surface area contributed by atoms with Gasteiger partial charge in [0.1, 0.15) is 27.8 Å². The highest BCUT2D eigenvalue weighted by Crippen LogP contribution is 2.28. The number of carbonyl (C=O) groups is 1. The van der Waals surface area contributed by atoms with Crippen molar-refractivity contribution in [3.05, 3.63) is 22.9 Å². The van der Waals surface area contributed by atoms with Crippen LogP contribution in [0.15, 0.2) is 9.31 Å². The second-order valence-corrected chi connectivity index (χ2v) is 5.88. The van der Waals surface area contributed by atoms with Crippen molar-refractivity contribution in [2.24, 2.45) is 0 Å². The zero-order chi connectivity index (χ0) is 15.8. The molecule has 0 saturated carbocycles. The fraction of sp³-hybridized carbons (Fsp3) is 0.364. The molecule has 0 bridgehead atoms. The summed E-state index contributed by atoms with van der Waals surface area (Å²) in [4.78, 5) is 15.3. The lowest BCUT2D eigenvalue weighted by Gasteiger charge is -2.05. The molecule has 0 fully saturated rings. The van der Waals surface area contributed by atoms with E-state index in [0.717, 1.165) is 7.11 Å². The summed E-state index contributed by atoms with van der Waals surface area (Å²) in [6, 6.07) is 0. The first kappa shape index (κ1) is 15.0. The molecule has 0 aliphatic carbocycles. The summed E-state index contributed by atoms with van der Waals surface area (Å²) in [5.74, 6) is -0.239. The van der Waals surface area contributed by atoms with Gasteiger partial charge >= 0.3 is 5.97 Å². The van der Waals surface area contributed by atoms with Crippen LogP contribution in [0.2, 0.25) is 0 Å². The van der Waals surface area contributed by atoms with Crippen LogP contribution >= 0.6 is 0 Å². The van der Waals surface area contributed by atoms with E-state index in [1.165, 1.54) is 13.8 Å². The maximum Gasteiger partial charge on any atom is 0.342 e. The third kappa shape index (κ3) is 2.75. The van der Waals surface area contributed by atoms with Gasteiger partial charge in [0.05, 0.1) is 7.11 Å². The quantitative estimate of drug-likeness (QED) is 0.803. The van der Waals surface area contributed by atoms with Gasteiger partial charge < -0.3 is 9.15 Å². The number of H-pyrrole nitrogens is 1. The predicted molar refractivity (Wildman–Crippen MR) is 71.4 cm³/mol. The van der Waals surface area contributed by atoms with Gasteiger partial charge in [0.2, 0.25) is 0 Å². The SMILES string of the molecule is COC(=O)c1c(C)oc(C)c1S(=O)(=O)Nc1n[nH]c(C)n1. The number of hydrogen-bond donors (Lipinski definition) is 2. The molecule has 0 aliphatic rings. The van der Waals surface area contributed by atoms with Crippen molar-refractivity contribution in [3.63, 3.8) is 0 Å². The summed E-state index contributed by atoms with van der Waals surface area (Å²) in [6.07, 6.45) is 0. The average Bonchev–Trinajstić information content (AvgIpc) is 2.91. The molecular weight excluding hydrogens is 300 g/mol. The Kier molecular flexibility index (Phi) is 3.73. The number of aromatic nitrogens is 3. The van der Waals surface area contributed by atoms with E-state index in [-0.39, 0.29) is 27.9 Å². The number of nitrogens with zero attached hydrogens (tertiary/aromatic N) is 2. The number of carbonyl (C=O) groups excluding carboxylic acids is 1. The molecular formula is C11H14N4O5S. The van der Waals surface area contributed by atoms with E-state index >= 15 is 0 Å². The Hall–Kier alpha value is -2.36. The largest absolute Gasteiger partial charge is 0.465 e. The lowest BCUT2D eigenvalue weighted by atomic mass is 10.2. The van der Waals surface area contributed by atoms with E-state index in [4.69, 9.17) is 4.42 Å². The summed E-state index contributed by atoms with van der Waals surface area (Å²) in [5.41, 5.74) is -0.144. The maximum absolute atomic E-state index is 12.4. The second kappa shape index (κ2) is 5.20.